The molecule has 36 heavy (non-hydrogen) atoms. The third-order valence-corrected chi connectivity index (χ3v) is 6.92. The predicted octanol–water partition coefficient (Wildman–Crippen LogP) is 4.16. The Morgan fingerprint density at radius 2 is 1.67 bits per heavy atom. The lowest BCUT2D eigenvalue weighted by atomic mass is 9.94. The van der Waals surface area contributed by atoms with Crippen LogP contribution in [-0.2, 0) is 9.59 Å². The minimum atomic E-state index is -0.416. The number of para-hydroxylation sites is 1. The van der Waals surface area contributed by atoms with Crippen molar-refractivity contribution in [3.05, 3.63) is 71.1 Å². The number of carbonyl (C=O) groups is 3. The van der Waals surface area contributed by atoms with E-state index in [4.69, 9.17) is 0 Å². The van der Waals surface area contributed by atoms with Crippen molar-refractivity contribution in [1.29, 1.82) is 0 Å². The average molecular weight is 491 g/mol. The number of imide groups is 1. The largest absolute Gasteiger partial charge is 0.505 e. The second kappa shape index (κ2) is 10.8. The van der Waals surface area contributed by atoms with Gasteiger partial charge in [-0.3, -0.25) is 19.3 Å². The maximum Gasteiger partial charge on any atom is 0.279 e. The molecule has 2 aliphatic rings. The van der Waals surface area contributed by atoms with Gasteiger partial charge in [0.2, 0.25) is 0 Å². The summed E-state index contributed by atoms with van der Waals surface area (Å²) in [6.07, 6.45) is 5.32. The van der Waals surface area contributed by atoms with Gasteiger partial charge in [0, 0.05) is 20.1 Å². The smallest absolute Gasteiger partial charge is 0.279 e. The highest BCUT2D eigenvalue weighted by Gasteiger charge is 2.43. The molecule has 1 saturated carbocycles. The van der Waals surface area contributed by atoms with E-state index in [2.05, 4.69) is 10.6 Å². The summed E-state index contributed by atoms with van der Waals surface area (Å²) in [6, 6.07) is 14.2. The molecule has 1 atom stereocenters. The van der Waals surface area contributed by atoms with Crippen LogP contribution in [0.1, 0.15) is 67.4 Å². The lowest BCUT2D eigenvalue weighted by Gasteiger charge is -2.30. The van der Waals surface area contributed by atoms with E-state index in [1.54, 1.807) is 26.2 Å². The van der Waals surface area contributed by atoms with Gasteiger partial charge >= 0.3 is 0 Å². The highest BCUT2D eigenvalue weighted by Crippen LogP contribution is 2.34. The van der Waals surface area contributed by atoms with E-state index in [-0.39, 0.29) is 52.3 Å². The molecule has 2 aromatic carbocycles. The Morgan fingerprint density at radius 3 is 2.31 bits per heavy atom. The standard InChI is InChI=1S/C28H34N4O4/c1-4-21(18-12-7-5-8-13-18)29-23-24(28(36)32(27(23)35)19-14-9-6-10-15-19)30-22-17-11-16-20(25(22)33)26(34)31(2)3/h5,7-8,11-13,16-17,19,21,29-30,33H,4,6,9-10,14-15H2,1-3H3/t21-/m1/s1. The number of hydrogen-bond acceptors (Lipinski definition) is 6. The third kappa shape index (κ3) is 4.94. The summed E-state index contributed by atoms with van der Waals surface area (Å²) in [6.45, 7) is 2.01. The van der Waals surface area contributed by atoms with Crippen molar-refractivity contribution in [1.82, 2.24) is 15.1 Å². The Balaban J connectivity index is 1.73. The van der Waals surface area contributed by atoms with Crippen LogP contribution in [-0.4, -0.2) is 52.8 Å². The first-order valence-electron chi connectivity index (χ1n) is 12.6. The number of hydrogen-bond donors (Lipinski definition) is 3. The highest BCUT2D eigenvalue weighted by atomic mass is 16.3. The van der Waals surface area contributed by atoms with Crippen molar-refractivity contribution in [3.8, 4) is 5.75 Å². The second-order valence-corrected chi connectivity index (χ2v) is 9.56. The van der Waals surface area contributed by atoms with Crippen molar-refractivity contribution in [2.75, 3.05) is 19.4 Å². The van der Waals surface area contributed by atoms with Gasteiger partial charge in [-0.15, -0.1) is 0 Å². The molecule has 0 spiro atoms. The topological polar surface area (TPSA) is 102 Å². The molecule has 0 unspecified atom stereocenters. The van der Waals surface area contributed by atoms with Gasteiger partial charge in [-0.05, 0) is 37.0 Å². The molecule has 4 rings (SSSR count). The molecule has 190 valence electrons. The van der Waals surface area contributed by atoms with E-state index in [1.165, 1.54) is 15.9 Å². The number of phenols is 1. The Morgan fingerprint density at radius 1 is 1.00 bits per heavy atom. The van der Waals surface area contributed by atoms with E-state index in [0.29, 0.717) is 6.42 Å². The van der Waals surface area contributed by atoms with E-state index >= 15 is 0 Å². The first-order valence-corrected chi connectivity index (χ1v) is 12.6. The Kier molecular flexibility index (Phi) is 7.62. The zero-order valence-electron chi connectivity index (χ0n) is 21.1. The SMILES string of the molecule is CC[C@@H](NC1=C(Nc2cccc(C(=O)N(C)C)c2O)C(=O)N(C2CCCCC2)C1=O)c1ccccc1. The maximum atomic E-state index is 13.7. The van der Waals surface area contributed by atoms with Crippen LogP contribution in [0, 0.1) is 0 Å². The normalized spacial score (nSPS) is 17.4. The first-order chi connectivity index (χ1) is 17.3. The summed E-state index contributed by atoms with van der Waals surface area (Å²) in [5.41, 5.74) is 1.58. The van der Waals surface area contributed by atoms with Crippen LogP contribution in [0.15, 0.2) is 59.9 Å². The Bertz CT molecular complexity index is 1170. The fourth-order valence-electron chi connectivity index (χ4n) is 4.94. The molecule has 1 fully saturated rings. The van der Waals surface area contributed by atoms with Crippen molar-refractivity contribution in [2.24, 2.45) is 0 Å². The first kappa shape index (κ1) is 25.3. The minimum absolute atomic E-state index is 0.0877. The summed E-state index contributed by atoms with van der Waals surface area (Å²) in [5.74, 6) is -1.41. The van der Waals surface area contributed by atoms with Gasteiger partial charge in [-0.2, -0.15) is 0 Å². The lowest BCUT2D eigenvalue weighted by Crippen LogP contribution is -2.43. The molecule has 8 nitrogen and oxygen atoms in total. The third-order valence-electron chi connectivity index (χ3n) is 6.92. The fourth-order valence-corrected chi connectivity index (χ4v) is 4.94. The molecule has 3 amide bonds. The average Bonchev–Trinajstić information content (AvgIpc) is 3.12. The number of amides is 3. The Labute approximate surface area is 212 Å². The van der Waals surface area contributed by atoms with Gasteiger partial charge in [-0.1, -0.05) is 62.6 Å². The van der Waals surface area contributed by atoms with Crippen LogP contribution in [0.4, 0.5) is 5.69 Å². The molecule has 0 saturated heterocycles. The number of anilines is 1. The van der Waals surface area contributed by atoms with Gasteiger partial charge in [0.25, 0.3) is 17.7 Å². The molecule has 0 bridgehead atoms. The lowest BCUT2D eigenvalue weighted by molar-refractivity contribution is -0.141. The van der Waals surface area contributed by atoms with Gasteiger partial charge in [0.1, 0.15) is 11.4 Å². The van der Waals surface area contributed by atoms with Crippen molar-refractivity contribution in [2.45, 2.75) is 57.5 Å². The van der Waals surface area contributed by atoms with Crippen LogP contribution in [0.25, 0.3) is 0 Å². The molecule has 8 heteroatoms. The molecule has 0 radical (unpaired) electrons. The van der Waals surface area contributed by atoms with Crippen molar-refractivity contribution >= 4 is 23.4 Å². The summed E-state index contributed by atoms with van der Waals surface area (Å²) in [7, 11) is 3.20. The molecular formula is C28H34N4O4. The zero-order chi connectivity index (χ0) is 25.8. The summed E-state index contributed by atoms with van der Waals surface area (Å²) in [5, 5.41) is 17.2. The van der Waals surface area contributed by atoms with Crippen LogP contribution in [0.5, 0.6) is 5.75 Å². The number of aromatic hydroxyl groups is 1. The number of carbonyl (C=O) groups excluding carboxylic acids is 3. The molecule has 1 aliphatic heterocycles. The molecule has 1 heterocycles. The van der Waals surface area contributed by atoms with E-state index in [9.17, 15) is 19.5 Å². The fraction of sp³-hybridized carbons (Fsp3) is 0.393. The van der Waals surface area contributed by atoms with E-state index < -0.39 is 5.91 Å². The van der Waals surface area contributed by atoms with Crippen LogP contribution in [0.3, 0.4) is 0 Å². The monoisotopic (exact) mass is 490 g/mol. The van der Waals surface area contributed by atoms with E-state index in [1.807, 2.05) is 37.3 Å². The number of phenolic OH excluding ortho intramolecular Hbond substituents is 1. The van der Waals surface area contributed by atoms with Gasteiger partial charge < -0.3 is 20.6 Å². The Hall–Kier alpha value is -3.81. The van der Waals surface area contributed by atoms with Gasteiger partial charge in [0.05, 0.1) is 17.3 Å². The molecule has 1 aliphatic carbocycles. The zero-order valence-corrected chi connectivity index (χ0v) is 21.1. The molecule has 2 aromatic rings. The number of nitrogens with zero attached hydrogens (tertiary/aromatic N) is 2. The number of benzene rings is 2. The van der Waals surface area contributed by atoms with Crippen LogP contribution >= 0.6 is 0 Å². The van der Waals surface area contributed by atoms with Crippen molar-refractivity contribution < 1.29 is 19.5 Å². The number of rotatable bonds is 8. The van der Waals surface area contributed by atoms with Gasteiger partial charge in [-0.25, -0.2) is 0 Å². The second-order valence-electron chi connectivity index (χ2n) is 9.56. The predicted molar refractivity (Wildman–Crippen MR) is 138 cm³/mol. The quantitative estimate of drug-likeness (QED) is 0.379. The number of nitrogens with one attached hydrogen (secondary N) is 2. The van der Waals surface area contributed by atoms with Crippen LogP contribution < -0.4 is 10.6 Å². The summed E-state index contributed by atoms with van der Waals surface area (Å²) < 4.78 is 0. The summed E-state index contributed by atoms with van der Waals surface area (Å²) in [4.78, 5) is 42.6. The molecule has 3 N–H and O–H groups in total. The maximum absolute atomic E-state index is 13.7. The highest BCUT2D eigenvalue weighted by molar-refractivity contribution is 6.20. The van der Waals surface area contributed by atoms with Crippen molar-refractivity contribution in [3.63, 3.8) is 0 Å². The van der Waals surface area contributed by atoms with E-state index in [0.717, 1.165) is 37.7 Å². The molecular weight excluding hydrogens is 456 g/mol. The van der Waals surface area contributed by atoms with Crippen LogP contribution in [0.2, 0.25) is 0 Å². The minimum Gasteiger partial charge on any atom is -0.505 e. The van der Waals surface area contributed by atoms with Gasteiger partial charge in [0.15, 0.2) is 5.75 Å². The molecule has 0 aromatic heterocycles. The summed E-state index contributed by atoms with van der Waals surface area (Å²) >= 11 is 0.